The average molecular weight is 444 g/mol. The summed E-state index contributed by atoms with van der Waals surface area (Å²) in [5.74, 6) is 0. The second kappa shape index (κ2) is 9.83. The zero-order chi connectivity index (χ0) is 13.5. The van der Waals surface area contributed by atoms with E-state index in [1.54, 1.807) is 0 Å². The van der Waals surface area contributed by atoms with Gasteiger partial charge in [0.1, 0.15) is 0 Å². The molecule has 0 aromatic rings. The summed E-state index contributed by atoms with van der Waals surface area (Å²) in [5, 5.41) is 0. The first-order chi connectivity index (χ1) is 6.00. The molecule has 0 heterocycles. The second-order valence-electron chi connectivity index (χ2n) is 1.22. The van der Waals surface area contributed by atoms with Gasteiger partial charge < -0.3 is 0 Å². The quantitative estimate of drug-likeness (QED) is 0.317. The molecule has 0 amide bonds. The SMILES string of the molecule is [Mo+6].[O]=[Cr](=[O])([O-])[O-].[O]=[Cr](=[O])([O-])[O-].[O]=[Cr](=[O])([O-])[O-]. The van der Waals surface area contributed by atoms with Crippen molar-refractivity contribution in [1.82, 2.24) is 0 Å². The predicted molar refractivity (Wildman–Crippen MR) is 4.12 cm³/mol. The molecule has 0 aliphatic rings. The molecule has 96 valence electrons. The Morgan fingerprint density at radius 2 is 0.438 bits per heavy atom. The van der Waals surface area contributed by atoms with Gasteiger partial charge in [0.15, 0.2) is 0 Å². The molecule has 0 aliphatic carbocycles. The fraction of sp³-hybridized carbons (Fsp3) is 0. The molecule has 0 rings (SSSR count). The van der Waals surface area contributed by atoms with Crippen molar-refractivity contribution in [2.75, 3.05) is 0 Å². The van der Waals surface area contributed by atoms with Crippen molar-refractivity contribution >= 4 is 0 Å². The summed E-state index contributed by atoms with van der Waals surface area (Å²) in [5.41, 5.74) is 0. The Morgan fingerprint density at radius 3 is 0.438 bits per heavy atom. The molecule has 0 aliphatic heterocycles. The van der Waals surface area contributed by atoms with Crippen molar-refractivity contribution in [3.63, 3.8) is 0 Å². The minimum absolute atomic E-state index is 0. The van der Waals surface area contributed by atoms with E-state index < -0.39 is 40.8 Å². The van der Waals surface area contributed by atoms with E-state index in [9.17, 15) is 0 Å². The van der Waals surface area contributed by atoms with Crippen LogP contribution in [-0.2, 0) is 84.7 Å². The molecule has 16 heavy (non-hydrogen) atoms. The molecular formula is Cr3MoO12. The molecule has 0 saturated heterocycles. The van der Waals surface area contributed by atoms with Gasteiger partial charge in [0.2, 0.25) is 0 Å². The molecule has 12 nitrogen and oxygen atoms in total. The van der Waals surface area contributed by atoms with Crippen molar-refractivity contribution in [2.45, 2.75) is 0 Å². The van der Waals surface area contributed by atoms with Crippen LogP contribution in [0.3, 0.4) is 0 Å². The van der Waals surface area contributed by atoms with Crippen LogP contribution in [0.5, 0.6) is 0 Å². The van der Waals surface area contributed by atoms with Crippen LogP contribution in [0, 0.1) is 0 Å². The Bertz CT molecular complexity index is 337. The fourth-order valence-electron chi connectivity index (χ4n) is 0. The third kappa shape index (κ3) is 3980. The topological polar surface area (TPSA) is 241 Å². The molecule has 0 fully saturated rings. The number of hydrogen-bond donors (Lipinski definition) is 0. The Hall–Kier alpha value is 0.846. The molecule has 0 unspecified atom stereocenters. The predicted octanol–water partition coefficient (Wildman–Crippen LogP) is -7.86. The van der Waals surface area contributed by atoms with E-state index in [1.165, 1.54) is 0 Å². The Balaban J connectivity index is -0.0000000655. The van der Waals surface area contributed by atoms with Gasteiger partial charge in [-0.15, -0.1) is 0 Å². The Kier molecular flexibility index (Phi) is 15.8. The van der Waals surface area contributed by atoms with Gasteiger partial charge in [-0.2, -0.15) is 0 Å². The molecule has 0 spiro atoms. The van der Waals surface area contributed by atoms with E-state index in [2.05, 4.69) is 0 Å². The molecule has 0 bridgehead atoms. The standard InChI is InChI=1S/3Cr.Mo.12O/q;;;+6;;;;;;;6*-1. The first-order valence-corrected chi connectivity index (χ1v) is 8.25. The van der Waals surface area contributed by atoms with Gasteiger partial charge in [-0.1, -0.05) is 0 Å². The van der Waals surface area contributed by atoms with E-state index in [-0.39, 0.29) is 21.1 Å². The third-order valence-corrected chi connectivity index (χ3v) is 0. The maximum absolute atomic E-state index is 8.59. The average Bonchev–Trinajstić information content (AvgIpc) is 1.41. The second-order valence-corrected chi connectivity index (χ2v) is 5.05. The van der Waals surface area contributed by atoms with E-state index in [4.69, 9.17) is 47.8 Å². The van der Waals surface area contributed by atoms with Crippen LogP contribution in [0.15, 0.2) is 0 Å². The van der Waals surface area contributed by atoms with Crippen LogP contribution in [-0.4, -0.2) is 0 Å². The van der Waals surface area contributed by atoms with Gasteiger partial charge in [-0.05, 0) is 0 Å². The molecule has 16 heteroatoms. The molecule has 0 aromatic heterocycles. The van der Waals surface area contributed by atoms with E-state index in [1.807, 2.05) is 0 Å². The van der Waals surface area contributed by atoms with Crippen LogP contribution in [0.4, 0.5) is 0 Å². The summed E-state index contributed by atoms with van der Waals surface area (Å²) in [6.45, 7) is 0. The van der Waals surface area contributed by atoms with Gasteiger partial charge in [0.05, 0.1) is 0 Å². The van der Waals surface area contributed by atoms with Crippen molar-refractivity contribution in [1.29, 1.82) is 0 Å². The van der Waals surface area contributed by atoms with Gasteiger partial charge in [-0.3, -0.25) is 0 Å². The summed E-state index contributed by atoms with van der Waals surface area (Å²) >= 11 is -17.2. The van der Waals surface area contributed by atoms with E-state index >= 15 is 0 Å². The van der Waals surface area contributed by atoms with Crippen LogP contribution < -0.4 is 24.9 Å². The van der Waals surface area contributed by atoms with Crippen molar-refractivity contribution < 1.29 is 110 Å². The summed E-state index contributed by atoms with van der Waals surface area (Å²) in [6.07, 6.45) is 0. The minimum atomic E-state index is -5.75. The number of rotatable bonds is 0. The van der Waals surface area contributed by atoms with Gasteiger partial charge in [0, 0.05) is 0 Å². The molecule has 0 atom stereocenters. The molecule has 0 radical (unpaired) electrons. The van der Waals surface area contributed by atoms with Crippen molar-refractivity contribution in [3.05, 3.63) is 0 Å². The summed E-state index contributed by atoms with van der Waals surface area (Å²) in [4.78, 5) is 0. The third-order valence-electron chi connectivity index (χ3n) is 0. The fourth-order valence-corrected chi connectivity index (χ4v) is 0. The Labute approximate surface area is 109 Å². The first kappa shape index (κ1) is 25.6. The number of hydrogen-bond acceptors (Lipinski definition) is 12. The van der Waals surface area contributed by atoms with Crippen molar-refractivity contribution in [2.24, 2.45) is 0 Å². The summed E-state index contributed by atoms with van der Waals surface area (Å²) in [7, 11) is 0. The zero-order valence-electron chi connectivity index (χ0n) is 6.53. The normalized spacial score (nSPS) is 10.9. The Morgan fingerprint density at radius 1 is 0.438 bits per heavy atom. The molecule has 0 aromatic carbocycles. The maximum atomic E-state index is 8.59. The van der Waals surface area contributed by atoms with Crippen LogP contribution in [0.25, 0.3) is 0 Å². The molecule has 0 saturated carbocycles. The van der Waals surface area contributed by atoms with Crippen LogP contribution >= 0.6 is 0 Å². The molecular weight excluding hydrogens is 444 g/mol. The summed E-state index contributed by atoms with van der Waals surface area (Å²) in [6, 6.07) is 0. The first-order valence-electron chi connectivity index (χ1n) is 2.00. The van der Waals surface area contributed by atoms with Crippen LogP contribution in [0.1, 0.15) is 0 Å². The zero-order valence-corrected chi connectivity index (χ0v) is 12.4. The van der Waals surface area contributed by atoms with Gasteiger partial charge in [0.25, 0.3) is 0 Å². The van der Waals surface area contributed by atoms with Crippen LogP contribution in [0.2, 0.25) is 0 Å². The van der Waals surface area contributed by atoms with Gasteiger partial charge >= 0.3 is 110 Å². The monoisotopic (exact) mass is 446 g/mol. The van der Waals surface area contributed by atoms with Crippen molar-refractivity contribution in [3.8, 4) is 0 Å². The molecule has 0 N–H and O–H groups in total. The van der Waals surface area contributed by atoms with E-state index in [0.717, 1.165) is 0 Å². The summed E-state index contributed by atoms with van der Waals surface area (Å²) < 4.78 is 103. The van der Waals surface area contributed by atoms with E-state index in [0.29, 0.717) is 0 Å². The van der Waals surface area contributed by atoms with Gasteiger partial charge in [-0.25, -0.2) is 0 Å².